The van der Waals surface area contributed by atoms with Crippen LogP contribution in [0.5, 0.6) is 0 Å². The Morgan fingerprint density at radius 3 is 2.65 bits per heavy atom. The lowest BCUT2D eigenvalue weighted by molar-refractivity contribution is 0.627. The van der Waals surface area contributed by atoms with Crippen LogP contribution < -0.4 is 5.32 Å². The van der Waals surface area contributed by atoms with Crippen LogP contribution in [0.25, 0.3) is 0 Å². The van der Waals surface area contributed by atoms with Gasteiger partial charge in [-0.1, -0.05) is 18.2 Å². The molecule has 1 N–H and O–H groups in total. The Morgan fingerprint density at radius 1 is 1.12 bits per heavy atom. The van der Waals surface area contributed by atoms with Crippen LogP contribution in [0.2, 0.25) is 0 Å². The summed E-state index contributed by atoms with van der Waals surface area (Å²) in [5.41, 5.74) is 1.19. The predicted molar refractivity (Wildman–Crippen MR) is 65.4 cm³/mol. The van der Waals surface area contributed by atoms with Crippen molar-refractivity contribution in [3.8, 4) is 0 Å². The molecule has 1 heterocycles. The van der Waals surface area contributed by atoms with Crippen molar-refractivity contribution in [3.63, 3.8) is 0 Å². The molecular weight excluding hydrogens is 215 g/mol. The molecule has 0 bridgehead atoms. The quantitative estimate of drug-likeness (QED) is 0.872. The van der Waals surface area contributed by atoms with Crippen LogP contribution in [0.1, 0.15) is 17.9 Å². The smallest absolute Gasteiger partial charge is 0.126 e. The molecule has 2 atom stereocenters. The van der Waals surface area contributed by atoms with Crippen LogP contribution in [0.4, 0.5) is 10.2 Å². The molecule has 2 aromatic rings. The van der Waals surface area contributed by atoms with Gasteiger partial charge in [-0.15, -0.1) is 0 Å². The topological polar surface area (TPSA) is 24.9 Å². The maximum atomic E-state index is 12.8. The number of halogens is 1. The highest BCUT2D eigenvalue weighted by molar-refractivity contribution is 5.41. The highest BCUT2D eigenvalue weighted by Gasteiger charge is 2.38. The van der Waals surface area contributed by atoms with Gasteiger partial charge in [-0.25, -0.2) is 9.37 Å². The number of aromatic nitrogens is 1. The van der Waals surface area contributed by atoms with Crippen molar-refractivity contribution >= 4 is 5.82 Å². The molecule has 1 aromatic heterocycles. The molecule has 1 saturated carbocycles. The highest BCUT2D eigenvalue weighted by Crippen LogP contribution is 2.42. The zero-order valence-electron chi connectivity index (χ0n) is 9.31. The minimum atomic E-state index is -0.177. The van der Waals surface area contributed by atoms with E-state index in [1.165, 1.54) is 17.7 Å². The monoisotopic (exact) mass is 228 g/mol. The van der Waals surface area contributed by atoms with Gasteiger partial charge in [0.15, 0.2) is 0 Å². The SMILES string of the molecule is Fc1ccc([C@@H]2C[C@H]2Nc2ccccn2)cc1. The van der Waals surface area contributed by atoms with Crippen molar-refractivity contribution in [2.75, 3.05) is 5.32 Å². The van der Waals surface area contributed by atoms with Crippen molar-refractivity contribution < 1.29 is 4.39 Å². The van der Waals surface area contributed by atoms with Gasteiger partial charge < -0.3 is 5.32 Å². The van der Waals surface area contributed by atoms with Gasteiger partial charge in [-0.05, 0) is 36.2 Å². The molecule has 17 heavy (non-hydrogen) atoms. The summed E-state index contributed by atoms with van der Waals surface area (Å²) in [6, 6.07) is 13.0. The zero-order valence-corrected chi connectivity index (χ0v) is 9.31. The average molecular weight is 228 g/mol. The highest BCUT2D eigenvalue weighted by atomic mass is 19.1. The van der Waals surface area contributed by atoms with Gasteiger partial charge in [0, 0.05) is 18.2 Å². The van der Waals surface area contributed by atoms with Crippen LogP contribution in [-0.4, -0.2) is 11.0 Å². The second kappa shape index (κ2) is 4.17. The third-order valence-corrected chi connectivity index (χ3v) is 3.09. The van der Waals surface area contributed by atoms with Crippen LogP contribution in [0.15, 0.2) is 48.7 Å². The number of rotatable bonds is 3. The van der Waals surface area contributed by atoms with E-state index in [2.05, 4.69) is 10.3 Å². The fourth-order valence-corrected chi connectivity index (χ4v) is 2.07. The van der Waals surface area contributed by atoms with Crippen LogP contribution in [-0.2, 0) is 0 Å². The minimum Gasteiger partial charge on any atom is -0.367 e. The lowest BCUT2D eigenvalue weighted by atomic mass is 10.1. The number of anilines is 1. The van der Waals surface area contributed by atoms with E-state index in [4.69, 9.17) is 0 Å². The molecule has 86 valence electrons. The molecule has 0 radical (unpaired) electrons. The Hall–Kier alpha value is -1.90. The first-order chi connectivity index (χ1) is 8.33. The third kappa shape index (κ3) is 2.28. The standard InChI is InChI=1S/C14H13FN2/c15-11-6-4-10(5-7-11)12-9-13(12)17-14-3-1-2-8-16-14/h1-8,12-13H,9H2,(H,16,17)/t12-,13+/m0/s1. The summed E-state index contributed by atoms with van der Waals surface area (Å²) in [6.45, 7) is 0. The normalized spacial score (nSPS) is 22.2. The number of hydrogen-bond donors (Lipinski definition) is 1. The first-order valence-electron chi connectivity index (χ1n) is 5.76. The maximum absolute atomic E-state index is 12.8. The number of nitrogens with one attached hydrogen (secondary N) is 1. The summed E-state index contributed by atoms with van der Waals surface area (Å²) in [5.74, 6) is 1.21. The second-order valence-electron chi connectivity index (χ2n) is 4.36. The van der Waals surface area contributed by atoms with Crippen molar-refractivity contribution in [1.29, 1.82) is 0 Å². The summed E-state index contributed by atoms with van der Waals surface area (Å²) in [6.07, 6.45) is 2.86. The van der Waals surface area contributed by atoms with Gasteiger partial charge in [0.05, 0.1) is 0 Å². The molecule has 2 nitrogen and oxygen atoms in total. The van der Waals surface area contributed by atoms with E-state index in [-0.39, 0.29) is 5.82 Å². The molecule has 1 aliphatic carbocycles. The van der Waals surface area contributed by atoms with Crippen molar-refractivity contribution in [2.45, 2.75) is 18.4 Å². The van der Waals surface area contributed by atoms with E-state index in [0.29, 0.717) is 12.0 Å². The van der Waals surface area contributed by atoms with Crippen LogP contribution >= 0.6 is 0 Å². The van der Waals surface area contributed by atoms with Crippen molar-refractivity contribution in [1.82, 2.24) is 4.98 Å². The second-order valence-corrected chi connectivity index (χ2v) is 4.36. The summed E-state index contributed by atoms with van der Waals surface area (Å²) in [4.78, 5) is 4.23. The van der Waals surface area contributed by atoms with Gasteiger partial charge in [0.25, 0.3) is 0 Å². The Labute approximate surface area is 99.5 Å². The largest absolute Gasteiger partial charge is 0.367 e. The number of hydrogen-bond acceptors (Lipinski definition) is 2. The molecule has 3 heteroatoms. The third-order valence-electron chi connectivity index (χ3n) is 3.09. The Morgan fingerprint density at radius 2 is 1.94 bits per heavy atom. The van der Waals surface area contributed by atoms with Crippen molar-refractivity contribution in [2.24, 2.45) is 0 Å². The van der Waals surface area contributed by atoms with Gasteiger partial charge in [-0.2, -0.15) is 0 Å². The van der Waals surface area contributed by atoms with E-state index >= 15 is 0 Å². The van der Waals surface area contributed by atoms with Gasteiger partial charge in [0.2, 0.25) is 0 Å². The Kier molecular flexibility index (Phi) is 2.52. The molecule has 0 saturated heterocycles. The molecule has 1 aliphatic rings. The molecule has 1 fully saturated rings. The van der Waals surface area contributed by atoms with Crippen LogP contribution in [0.3, 0.4) is 0 Å². The molecule has 0 aliphatic heterocycles. The summed E-state index contributed by atoms with van der Waals surface area (Å²) < 4.78 is 12.8. The summed E-state index contributed by atoms with van der Waals surface area (Å²) in [7, 11) is 0. The summed E-state index contributed by atoms with van der Waals surface area (Å²) in [5, 5.41) is 3.37. The average Bonchev–Trinajstić information content (AvgIpc) is 3.11. The zero-order chi connectivity index (χ0) is 11.7. The first kappa shape index (κ1) is 10.3. The molecule has 1 aromatic carbocycles. The van der Waals surface area contributed by atoms with E-state index in [1.807, 2.05) is 30.3 Å². The van der Waals surface area contributed by atoms with Gasteiger partial charge >= 0.3 is 0 Å². The van der Waals surface area contributed by atoms with Crippen molar-refractivity contribution in [3.05, 3.63) is 60.0 Å². The summed E-state index contributed by atoms with van der Waals surface area (Å²) >= 11 is 0. The van der Waals surface area contributed by atoms with E-state index in [1.54, 1.807) is 6.20 Å². The van der Waals surface area contributed by atoms with E-state index < -0.39 is 0 Å². The molecule has 3 rings (SSSR count). The lowest BCUT2D eigenvalue weighted by Gasteiger charge is -2.04. The minimum absolute atomic E-state index is 0.177. The fourth-order valence-electron chi connectivity index (χ4n) is 2.07. The fraction of sp³-hybridized carbons (Fsp3) is 0.214. The molecule has 0 amide bonds. The molecule has 0 unspecified atom stereocenters. The first-order valence-corrected chi connectivity index (χ1v) is 5.76. The Bertz CT molecular complexity index is 495. The van der Waals surface area contributed by atoms with E-state index in [9.17, 15) is 4.39 Å². The molecular formula is C14H13FN2. The number of nitrogens with zero attached hydrogens (tertiary/aromatic N) is 1. The van der Waals surface area contributed by atoms with Crippen LogP contribution in [0, 0.1) is 5.82 Å². The number of benzene rings is 1. The number of pyridine rings is 1. The predicted octanol–water partition coefficient (Wildman–Crippen LogP) is 3.19. The van der Waals surface area contributed by atoms with Gasteiger partial charge in [-0.3, -0.25) is 0 Å². The van der Waals surface area contributed by atoms with E-state index in [0.717, 1.165) is 12.2 Å². The lowest BCUT2D eigenvalue weighted by Crippen LogP contribution is -2.05. The molecule has 0 spiro atoms. The Balaban J connectivity index is 1.65. The van der Waals surface area contributed by atoms with Gasteiger partial charge in [0.1, 0.15) is 11.6 Å². The maximum Gasteiger partial charge on any atom is 0.126 e.